The molecule has 0 aliphatic carbocycles. The second kappa shape index (κ2) is 11.8. The highest BCUT2D eigenvalue weighted by atomic mass is 19.4. The van der Waals surface area contributed by atoms with Crippen molar-refractivity contribution in [1.29, 1.82) is 10.5 Å². The Hall–Kier alpha value is -7.05. The standard InChI is InChI=1S/C36H21F3N12/c1-15-7-18(4)26-23(10-15)43-30(46-26)20(13-40)32-49-33(21(14-41)31-44-24-11-16(2)8-19(5)27(24)47-31)51-35(50-32)29(42-6)34-45-25-12-17(3)9-22(28(25)48-34)36(37,38)39/h7-12H,1-5H3/b30-20-,31-21-,34-29+. The first-order chi connectivity index (χ1) is 24.3. The fourth-order valence-electron chi connectivity index (χ4n) is 5.88. The summed E-state index contributed by atoms with van der Waals surface area (Å²) in [6, 6.07) is 13.9. The summed E-state index contributed by atoms with van der Waals surface area (Å²) in [5, 5.41) is 22.4. The zero-order chi connectivity index (χ0) is 36.4. The third-order valence-electron chi connectivity index (χ3n) is 8.01. The number of fused-ring (bicyclic) bond motifs is 3. The summed E-state index contributed by atoms with van der Waals surface area (Å²) in [7, 11) is 0. The maximum Gasteiger partial charge on any atom is 0.418 e. The number of nitrogens with zero attached hydrogens (tertiary/aromatic N) is 12. The molecule has 4 heterocycles. The summed E-state index contributed by atoms with van der Waals surface area (Å²) >= 11 is 0. The van der Waals surface area contributed by atoms with Crippen LogP contribution in [-0.2, 0) is 6.18 Å². The van der Waals surface area contributed by atoms with Crippen LogP contribution in [0.15, 0.2) is 83.8 Å². The van der Waals surface area contributed by atoms with E-state index in [1.807, 2.05) is 52.0 Å². The molecule has 0 fully saturated rings. The van der Waals surface area contributed by atoms with Gasteiger partial charge in [-0.05, 0) is 86.7 Å². The molecule has 0 atom stereocenters. The van der Waals surface area contributed by atoms with Gasteiger partial charge in [-0.1, -0.05) is 12.1 Å². The van der Waals surface area contributed by atoms with Gasteiger partial charge in [-0.3, -0.25) is 0 Å². The minimum absolute atomic E-state index is 0.0193. The first kappa shape index (κ1) is 32.5. The Morgan fingerprint density at radius 3 is 1.45 bits per heavy atom. The molecule has 0 radical (unpaired) electrons. The SMILES string of the molecule is [C-]#[N+]/C(=C1\N=c2cc(C)cc(C(F)(F)F)c2=N1)c1nc(/C(C#N)=C2/N=c3cc(C)cc(C)c3=N2)nc(/C(C#N)=C2/N=c3cc(C)cc(C)c3=N2)n1. The number of benzene rings is 3. The highest BCUT2D eigenvalue weighted by Gasteiger charge is 2.34. The van der Waals surface area contributed by atoms with Gasteiger partial charge in [-0.15, -0.1) is 0 Å². The quantitative estimate of drug-likeness (QED) is 0.240. The van der Waals surface area contributed by atoms with Gasteiger partial charge in [0.15, 0.2) is 34.9 Å². The van der Waals surface area contributed by atoms with Gasteiger partial charge in [0.05, 0.1) is 38.9 Å². The van der Waals surface area contributed by atoms with E-state index in [4.69, 9.17) is 6.57 Å². The minimum atomic E-state index is -4.75. The monoisotopic (exact) mass is 678 g/mol. The summed E-state index contributed by atoms with van der Waals surface area (Å²) in [6.07, 6.45) is -4.75. The largest absolute Gasteiger partial charge is 0.418 e. The van der Waals surface area contributed by atoms with E-state index in [9.17, 15) is 23.7 Å². The molecule has 1 aromatic heterocycles. The fraction of sp³-hybridized carbons (Fsp3) is 0.167. The van der Waals surface area contributed by atoms with Gasteiger partial charge >= 0.3 is 6.18 Å². The molecule has 7 rings (SSSR count). The van der Waals surface area contributed by atoms with Crippen molar-refractivity contribution in [3.63, 3.8) is 0 Å². The third-order valence-corrected chi connectivity index (χ3v) is 8.01. The molecule has 0 unspecified atom stereocenters. The van der Waals surface area contributed by atoms with Gasteiger partial charge in [-0.25, -0.2) is 49.8 Å². The van der Waals surface area contributed by atoms with Crippen LogP contribution >= 0.6 is 0 Å². The number of nitriles is 2. The number of hydrogen-bond acceptors (Lipinski definition) is 11. The predicted molar refractivity (Wildman–Crippen MR) is 173 cm³/mol. The molecule has 15 heteroatoms. The Kier molecular flexibility index (Phi) is 7.53. The zero-order valence-electron chi connectivity index (χ0n) is 27.5. The van der Waals surface area contributed by atoms with E-state index >= 15 is 0 Å². The van der Waals surface area contributed by atoms with Crippen molar-refractivity contribution in [2.24, 2.45) is 30.0 Å². The van der Waals surface area contributed by atoms with Crippen molar-refractivity contribution in [2.45, 2.75) is 40.8 Å². The van der Waals surface area contributed by atoms with Crippen LogP contribution in [0.5, 0.6) is 0 Å². The summed E-state index contributed by atoms with van der Waals surface area (Å²) in [6.45, 7) is 17.0. The average molecular weight is 679 g/mol. The van der Waals surface area contributed by atoms with E-state index in [0.29, 0.717) is 21.4 Å². The normalized spacial score (nSPS) is 16.6. The maximum absolute atomic E-state index is 14.0. The van der Waals surface area contributed by atoms with Crippen LogP contribution in [0.4, 0.5) is 13.2 Å². The first-order valence-electron chi connectivity index (χ1n) is 15.2. The molecule has 51 heavy (non-hydrogen) atoms. The lowest BCUT2D eigenvalue weighted by Gasteiger charge is -2.07. The summed E-state index contributed by atoms with van der Waals surface area (Å²) in [5.41, 5.74) is 1.90. The van der Waals surface area contributed by atoms with Gasteiger partial charge in [0.1, 0.15) is 28.6 Å². The van der Waals surface area contributed by atoms with Gasteiger partial charge < -0.3 is 0 Å². The minimum Gasteiger partial charge on any atom is -0.238 e. The molecule has 4 aromatic rings. The molecule has 0 saturated heterocycles. The van der Waals surface area contributed by atoms with Crippen molar-refractivity contribution in [1.82, 2.24) is 15.0 Å². The highest BCUT2D eigenvalue weighted by Crippen LogP contribution is 2.29. The van der Waals surface area contributed by atoms with Crippen molar-refractivity contribution >= 4 is 16.8 Å². The van der Waals surface area contributed by atoms with E-state index in [1.54, 1.807) is 12.1 Å². The molecule has 246 valence electrons. The molecular weight excluding hydrogens is 657 g/mol. The predicted octanol–water partition coefficient (Wildman–Crippen LogP) is 3.22. The number of aromatic nitrogens is 3. The van der Waals surface area contributed by atoms with E-state index in [2.05, 4.69) is 49.8 Å². The van der Waals surface area contributed by atoms with Gasteiger partial charge in [-0.2, -0.15) is 23.7 Å². The van der Waals surface area contributed by atoms with Crippen molar-refractivity contribution in [3.05, 3.63) is 148 Å². The maximum atomic E-state index is 14.0. The van der Waals surface area contributed by atoms with E-state index in [1.165, 1.54) is 13.0 Å². The molecule has 0 spiro atoms. The first-order valence-corrected chi connectivity index (χ1v) is 15.2. The number of allylic oxidation sites excluding steroid dienone is 2. The highest BCUT2D eigenvalue weighted by molar-refractivity contribution is 5.81. The van der Waals surface area contributed by atoms with Crippen molar-refractivity contribution < 1.29 is 13.2 Å². The third kappa shape index (κ3) is 5.65. The van der Waals surface area contributed by atoms with Crippen LogP contribution in [0.25, 0.3) is 21.7 Å². The fourth-order valence-corrected chi connectivity index (χ4v) is 5.88. The Balaban J connectivity index is 1.53. The number of halogens is 3. The summed E-state index contributed by atoms with van der Waals surface area (Å²) in [5.74, 6) is -1.44. The average Bonchev–Trinajstić information content (AvgIpc) is 3.79. The number of rotatable bonds is 3. The molecule has 0 amide bonds. The second-order valence-corrected chi connectivity index (χ2v) is 12.0. The van der Waals surface area contributed by atoms with Crippen LogP contribution in [0.1, 0.15) is 50.9 Å². The topological polar surface area (TPSA) is 165 Å². The lowest BCUT2D eigenvalue weighted by molar-refractivity contribution is -0.138. The molecular formula is C36H21F3N12. The number of hydrogen-bond donors (Lipinski definition) is 0. The Morgan fingerprint density at radius 1 is 0.588 bits per heavy atom. The van der Waals surface area contributed by atoms with Gasteiger partial charge in [0.25, 0.3) is 5.70 Å². The van der Waals surface area contributed by atoms with E-state index < -0.39 is 28.6 Å². The van der Waals surface area contributed by atoms with E-state index in [0.717, 1.165) is 28.3 Å². The van der Waals surface area contributed by atoms with Crippen LogP contribution in [0.3, 0.4) is 0 Å². The smallest absolute Gasteiger partial charge is 0.238 e. The lowest BCUT2D eigenvalue weighted by Crippen LogP contribution is -2.31. The van der Waals surface area contributed by atoms with E-state index in [-0.39, 0.29) is 51.2 Å². The molecule has 3 aliphatic heterocycles. The van der Waals surface area contributed by atoms with Crippen molar-refractivity contribution in [2.75, 3.05) is 0 Å². The Morgan fingerprint density at radius 2 is 1.00 bits per heavy atom. The molecule has 0 N–H and O–H groups in total. The number of aryl methyl sites for hydroxylation is 5. The van der Waals surface area contributed by atoms with Crippen LogP contribution in [0.2, 0.25) is 0 Å². The Bertz CT molecular complexity index is 2800. The molecule has 0 saturated carbocycles. The van der Waals surface area contributed by atoms with Crippen LogP contribution in [-0.4, -0.2) is 15.0 Å². The van der Waals surface area contributed by atoms with Gasteiger partial charge in [0.2, 0.25) is 0 Å². The zero-order valence-corrected chi connectivity index (χ0v) is 27.5. The Labute approximate surface area is 286 Å². The number of alkyl halides is 3. The summed E-state index contributed by atoms with van der Waals surface area (Å²) in [4.78, 5) is 43.3. The van der Waals surface area contributed by atoms with Crippen molar-refractivity contribution in [3.8, 4) is 12.1 Å². The molecule has 3 aromatic carbocycles. The van der Waals surface area contributed by atoms with Gasteiger partial charge in [0, 0.05) is 0 Å². The van der Waals surface area contributed by atoms with Crippen LogP contribution < -0.4 is 32.1 Å². The lowest BCUT2D eigenvalue weighted by atomic mass is 10.1. The molecule has 3 aliphatic rings. The summed E-state index contributed by atoms with van der Waals surface area (Å²) < 4.78 is 42.0. The molecule has 0 bridgehead atoms. The molecule has 12 nitrogen and oxygen atoms in total. The second-order valence-electron chi connectivity index (χ2n) is 12.0. The van der Waals surface area contributed by atoms with Crippen LogP contribution in [0, 0.1) is 63.9 Å².